The lowest BCUT2D eigenvalue weighted by Gasteiger charge is -2.09. The Morgan fingerprint density at radius 1 is 1.11 bits per heavy atom. The molecule has 0 saturated heterocycles. The number of thioether (sulfide) groups is 1. The van der Waals surface area contributed by atoms with E-state index in [4.69, 9.17) is 4.74 Å². The van der Waals surface area contributed by atoms with Crippen molar-refractivity contribution in [3.8, 4) is 5.75 Å². The van der Waals surface area contributed by atoms with E-state index in [1.807, 2.05) is 54.8 Å². The molecule has 1 N–H and O–H groups in total. The zero-order valence-corrected chi connectivity index (χ0v) is 11.7. The number of nitrogens with one attached hydrogen (secondary N) is 1. The van der Waals surface area contributed by atoms with Crippen molar-refractivity contribution in [3.05, 3.63) is 54.1 Å². The van der Waals surface area contributed by atoms with Gasteiger partial charge in [0, 0.05) is 10.5 Å². The van der Waals surface area contributed by atoms with Gasteiger partial charge in [0.2, 0.25) is 0 Å². The Kier molecular flexibility index (Phi) is 4.47. The number of methoxy groups -OCH3 is 1. The van der Waals surface area contributed by atoms with E-state index in [-0.39, 0.29) is 5.91 Å². The lowest BCUT2D eigenvalue weighted by atomic mass is 10.2. The van der Waals surface area contributed by atoms with E-state index in [9.17, 15) is 4.79 Å². The molecule has 0 fully saturated rings. The summed E-state index contributed by atoms with van der Waals surface area (Å²) in [5.41, 5.74) is 1.30. The molecule has 0 unspecified atom stereocenters. The maximum absolute atomic E-state index is 12.1. The van der Waals surface area contributed by atoms with Crippen LogP contribution in [0.25, 0.3) is 0 Å². The van der Waals surface area contributed by atoms with E-state index in [1.54, 1.807) is 18.9 Å². The van der Waals surface area contributed by atoms with Crippen LogP contribution in [0.5, 0.6) is 5.75 Å². The molecule has 1 amide bonds. The Hall–Kier alpha value is -1.94. The predicted molar refractivity (Wildman–Crippen MR) is 79.2 cm³/mol. The van der Waals surface area contributed by atoms with E-state index in [2.05, 4.69) is 5.32 Å². The van der Waals surface area contributed by atoms with Crippen molar-refractivity contribution in [1.82, 2.24) is 0 Å². The van der Waals surface area contributed by atoms with Gasteiger partial charge in [0.15, 0.2) is 0 Å². The van der Waals surface area contributed by atoms with Crippen LogP contribution in [-0.2, 0) is 0 Å². The Balaban J connectivity index is 2.16. The molecular weight excluding hydrogens is 258 g/mol. The largest absolute Gasteiger partial charge is 0.495 e. The smallest absolute Gasteiger partial charge is 0.255 e. The normalized spacial score (nSPS) is 10.0. The monoisotopic (exact) mass is 273 g/mol. The van der Waals surface area contributed by atoms with Crippen LogP contribution in [0, 0.1) is 0 Å². The number of para-hydroxylation sites is 2. The van der Waals surface area contributed by atoms with Gasteiger partial charge in [-0.25, -0.2) is 0 Å². The van der Waals surface area contributed by atoms with Gasteiger partial charge in [-0.15, -0.1) is 11.8 Å². The second-order valence-corrected chi connectivity index (χ2v) is 4.76. The van der Waals surface area contributed by atoms with Gasteiger partial charge in [-0.05, 0) is 42.7 Å². The van der Waals surface area contributed by atoms with Crippen molar-refractivity contribution in [1.29, 1.82) is 0 Å². The molecule has 0 saturated carbocycles. The fraction of sp³-hybridized carbons (Fsp3) is 0.133. The third-order valence-corrected chi connectivity index (χ3v) is 3.45. The number of carbonyl (C=O) groups is 1. The molecule has 4 heteroatoms. The van der Waals surface area contributed by atoms with Crippen LogP contribution in [0.4, 0.5) is 5.69 Å². The van der Waals surface area contributed by atoms with Crippen molar-refractivity contribution in [3.63, 3.8) is 0 Å². The summed E-state index contributed by atoms with van der Waals surface area (Å²) in [4.78, 5) is 13.2. The van der Waals surface area contributed by atoms with Crippen molar-refractivity contribution in [2.75, 3.05) is 18.7 Å². The molecule has 2 aromatic carbocycles. The zero-order valence-electron chi connectivity index (χ0n) is 10.8. The summed E-state index contributed by atoms with van der Waals surface area (Å²) in [6.45, 7) is 0. The Bertz CT molecular complexity index is 567. The average Bonchev–Trinajstić information content (AvgIpc) is 2.48. The number of amides is 1. The molecule has 2 rings (SSSR count). The van der Waals surface area contributed by atoms with Gasteiger partial charge in [0.05, 0.1) is 12.8 Å². The number of hydrogen-bond acceptors (Lipinski definition) is 3. The summed E-state index contributed by atoms with van der Waals surface area (Å²) in [6.07, 6.45) is 2.00. The van der Waals surface area contributed by atoms with E-state index in [1.165, 1.54) is 0 Å². The first-order valence-electron chi connectivity index (χ1n) is 5.83. The number of rotatable bonds is 4. The summed E-state index contributed by atoms with van der Waals surface area (Å²) in [5.74, 6) is 0.508. The van der Waals surface area contributed by atoms with Crippen molar-refractivity contribution in [2.45, 2.75) is 4.90 Å². The first-order chi connectivity index (χ1) is 9.24. The van der Waals surface area contributed by atoms with Gasteiger partial charge >= 0.3 is 0 Å². The van der Waals surface area contributed by atoms with Crippen LogP contribution >= 0.6 is 11.8 Å². The molecule has 3 nitrogen and oxygen atoms in total. The topological polar surface area (TPSA) is 38.3 Å². The van der Waals surface area contributed by atoms with E-state index >= 15 is 0 Å². The molecule has 19 heavy (non-hydrogen) atoms. The van der Waals surface area contributed by atoms with Crippen molar-refractivity contribution >= 4 is 23.4 Å². The third-order valence-electron chi connectivity index (χ3n) is 2.71. The minimum atomic E-state index is -0.142. The van der Waals surface area contributed by atoms with Gasteiger partial charge < -0.3 is 10.1 Å². The quantitative estimate of drug-likeness (QED) is 0.864. The summed E-state index contributed by atoms with van der Waals surface area (Å²) < 4.78 is 5.20. The third kappa shape index (κ3) is 3.29. The van der Waals surface area contributed by atoms with Gasteiger partial charge in [0.25, 0.3) is 5.91 Å². The van der Waals surface area contributed by atoms with E-state index < -0.39 is 0 Å². The van der Waals surface area contributed by atoms with Crippen LogP contribution < -0.4 is 10.1 Å². The molecular formula is C15H15NO2S. The van der Waals surface area contributed by atoms with Crippen LogP contribution in [0.15, 0.2) is 53.4 Å². The molecule has 0 aromatic heterocycles. The highest BCUT2D eigenvalue weighted by Crippen LogP contribution is 2.24. The highest BCUT2D eigenvalue weighted by atomic mass is 32.2. The van der Waals surface area contributed by atoms with Gasteiger partial charge in [0.1, 0.15) is 5.75 Å². The van der Waals surface area contributed by atoms with Crippen LogP contribution in [0.3, 0.4) is 0 Å². The standard InChI is InChI=1S/C15H15NO2S/c1-18-14-6-4-3-5-13(14)16-15(17)11-7-9-12(19-2)10-8-11/h3-10H,1-2H3,(H,16,17). The molecule has 2 aromatic rings. The zero-order chi connectivity index (χ0) is 13.7. The van der Waals surface area contributed by atoms with E-state index in [0.717, 1.165) is 4.90 Å². The van der Waals surface area contributed by atoms with Gasteiger partial charge in [-0.1, -0.05) is 12.1 Å². The molecule has 98 valence electrons. The number of anilines is 1. The highest BCUT2D eigenvalue weighted by molar-refractivity contribution is 7.98. The molecule has 0 aliphatic carbocycles. The molecule has 0 bridgehead atoms. The maximum Gasteiger partial charge on any atom is 0.255 e. The number of carbonyl (C=O) groups excluding carboxylic acids is 1. The first-order valence-corrected chi connectivity index (χ1v) is 7.05. The molecule has 0 radical (unpaired) electrons. The predicted octanol–water partition coefficient (Wildman–Crippen LogP) is 3.67. The number of hydrogen-bond donors (Lipinski definition) is 1. The van der Waals surface area contributed by atoms with E-state index in [0.29, 0.717) is 17.0 Å². The molecule has 0 aliphatic rings. The Morgan fingerprint density at radius 2 is 1.79 bits per heavy atom. The lowest BCUT2D eigenvalue weighted by Crippen LogP contribution is -2.12. The highest BCUT2D eigenvalue weighted by Gasteiger charge is 2.08. The average molecular weight is 273 g/mol. The molecule has 0 aliphatic heterocycles. The number of ether oxygens (including phenoxy) is 1. The summed E-state index contributed by atoms with van der Waals surface area (Å²) in [7, 11) is 1.58. The van der Waals surface area contributed by atoms with Gasteiger partial charge in [-0.3, -0.25) is 4.79 Å². The minimum Gasteiger partial charge on any atom is -0.495 e. The summed E-state index contributed by atoms with van der Waals surface area (Å²) in [6, 6.07) is 14.8. The molecule has 0 heterocycles. The number of benzene rings is 2. The lowest BCUT2D eigenvalue weighted by molar-refractivity contribution is 0.102. The fourth-order valence-corrected chi connectivity index (χ4v) is 2.09. The van der Waals surface area contributed by atoms with Crippen molar-refractivity contribution < 1.29 is 9.53 Å². The Labute approximate surface area is 117 Å². The minimum absolute atomic E-state index is 0.142. The molecule has 0 atom stereocenters. The van der Waals surface area contributed by atoms with Crippen molar-refractivity contribution in [2.24, 2.45) is 0 Å². The maximum atomic E-state index is 12.1. The Morgan fingerprint density at radius 3 is 2.42 bits per heavy atom. The fourth-order valence-electron chi connectivity index (χ4n) is 1.68. The van der Waals surface area contributed by atoms with Crippen LogP contribution in [0.2, 0.25) is 0 Å². The van der Waals surface area contributed by atoms with Crippen LogP contribution in [-0.4, -0.2) is 19.3 Å². The van der Waals surface area contributed by atoms with Gasteiger partial charge in [-0.2, -0.15) is 0 Å². The second kappa shape index (κ2) is 6.29. The first kappa shape index (κ1) is 13.5. The SMILES string of the molecule is COc1ccccc1NC(=O)c1ccc(SC)cc1. The second-order valence-electron chi connectivity index (χ2n) is 3.88. The molecule has 0 spiro atoms. The van der Waals surface area contributed by atoms with Crippen LogP contribution in [0.1, 0.15) is 10.4 Å². The summed E-state index contributed by atoms with van der Waals surface area (Å²) in [5, 5.41) is 2.84. The summed E-state index contributed by atoms with van der Waals surface area (Å²) >= 11 is 1.65.